The van der Waals surface area contributed by atoms with Gasteiger partial charge in [0.1, 0.15) is 5.75 Å². The number of amides is 1. The zero-order valence-corrected chi connectivity index (χ0v) is 17.4. The molecule has 1 amide bonds. The second-order valence-corrected chi connectivity index (χ2v) is 8.65. The molecule has 1 N–H and O–H groups in total. The molecule has 9 heteroatoms. The van der Waals surface area contributed by atoms with Crippen LogP contribution in [0, 0.1) is 0 Å². The van der Waals surface area contributed by atoms with Crippen LogP contribution in [-0.4, -0.2) is 38.0 Å². The van der Waals surface area contributed by atoms with Gasteiger partial charge in [0.05, 0.1) is 35.7 Å². The van der Waals surface area contributed by atoms with Crippen LogP contribution in [0.5, 0.6) is 11.6 Å². The van der Waals surface area contributed by atoms with Gasteiger partial charge in [-0.3, -0.25) is 9.78 Å². The summed E-state index contributed by atoms with van der Waals surface area (Å²) in [4.78, 5) is 21.6. The standard InChI is InChI=1S/C21H21N3O5S/c1-3-29-19-16(12-14(28-2)13-23-19)21(9-10-21)20(25)24-30(26,27)18-8-4-7-17-15(18)6-5-11-22-17/h4-8,11-13H,3,9-10H2,1-2H3,(H,24,25). The summed E-state index contributed by atoms with van der Waals surface area (Å²) < 4.78 is 39.2. The molecule has 2 aromatic heterocycles. The number of rotatable bonds is 7. The maximum Gasteiger partial charge on any atom is 0.264 e. The van der Waals surface area contributed by atoms with E-state index in [0.717, 1.165) is 0 Å². The molecule has 0 saturated heterocycles. The summed E-state index contributed by atoms with van der Waals surface area (Å²) in [6.07, 6.45) is 4.06. The largest absolute Gasteiger partial charge is 0.495 e. The van der Waals surface area contributed by atoms with Gasteiger partial charge in [0.2, 0.25) is 11.8 Å². The number of hydrogen-bond acceptors (Lipinski definition) is 7. The normalized spacial score (nSPS) is 14.9. The van der Waals surface area contributed by atoms with E-state index < -0.39 is 21.3 Å². The third-order valence-electron chi connectivity index (χ3n) is 5.17. The molecule has 0 unspecified atom stereocenters. The van der Waals surface area contributed by atoms with E-state index in [1.807, 2.05) is 6.92 Å². The fourth-order valence-corrected chi connectivity index (χ4v) is 4.74. The molecule has 0 atom stereocenters. The molecule has 1 saturated carbocycles. The Morgan fingerprint density at radius 1 is 1.20 bits per heavy atom. The molecule has 2 heterocycles. The number of ether oxygens (including phenoxy) is 2. The van der Waals surface area contributed by atoms with Crippen LogP contribution in [0.1, 0.15) is 25.3 Å². The van der Waals surface area contributed by atoms with Crippen molar-refractivity contribution in [1.82, 2.24) is 14.7 Å². The van der Waals surface area contributed by atoms with E-state index in [2.05, 4.69) is 14.7 Å². The monoisotopic (exact) mass is 427 g/mol. The van der Waals surface area contributed by atoms with Gasteiger partial charge in [0, 0.05) is 17.1 Å². The van der Waals surface area contributed by atoms with Gasteiger partial charge in [-0.15, -0.1) is 0 Å². The van der Waals surface area contributed by atoms with Gasteiger partial charge in [-0.05, 0) is 50.1 Å². The van der Waals surface area contributed by atoms with Crippen molar-refractivity contribution in [2.24, 2.45) is 0 Å². The van der Waals surface area contributed by atoms with E-state index in [0.29, 0.717) is 47.5 Å². The Balaban J connectivity index is 1.70. The topological polar surface area (TPSA) is 107 Å². The summed E-state index contributed by atoms with van der Waals surface area (Å²) in [5.41, 5.74) is 0.0302. The maximum atomic E-state index is 13.2. The lowest BCUT2D eigenvalue weighted by Gasteiger charge is -2.19. The minimum absolute atomic E-state index is 0.00560. The summed E-state index contributed by atoms with van der Waals surface area (Å²) in [5.74, 6) is 0.160. The minimum atomic E-state index is -4.11. The van der Waals surface area contributed by atoms with Gasteiger partial charge < -0.3 is 9.47 Å². The first-order valence-corrected chi connectivity index (χ1v) is 11.0. The van der Waals surface area contributed by atoms with Crippen molar-refractivity contribution in [3.63, 3.8) is 0 Å². The van der Waals surface area contributed by atoms with E-state index in [4.69, 9.17) is 9.47 Å². The summed E-state index contributed by atoms with van der Waals surface area (Å²) in [7, 11) is -2.61. The first-order chi connectivity index (χ1) is 14.4. The molecule has 0 bridgehead atoms. The van der Waals surface area contributed by atoms with Crippen molar-refractivity contribution >= 4 is 26.8 Å². The van der Waals surface area contributed by atoms with Crippen LogP contribution in [0.25, 0.3) is 10.9 Å². The molecule has 0 radical (unpaired) electrons. The molecule has 1 aliphatic rings. The van der Waals surface area contributed by atoms with Gasteiger partial charge in [0.15, 0.2) is 0 Å². The zero-order chi connectivity index (χ0) is 21.4. The van der Waals surface area contributed by atoms with Crippen LogP contribution in [-0.2, 0) is 20.2 Å². The predicted molar refractivity (Wildman–Crippen MR) is 110 cm³/mol. The number of nitrogens with one attached hydrogen (secondary N) is 1. The van der Waals surface area contributed by atoms with Gasteiger partial charge in [-0.25, -0.2) is 18.1 Å². The van der Waals surface area contributed by atoms with Gasteiger partial charge in [0.25, 0.3) is 10.0 Å². The molecule has 0 spiro atoms. The number of pyridine rings is 2. The van der Waals surface area contributed by atoms with Crippen molar-refractivity contribution in [2.45, 2.75) is 30.1 Å². The number of methoxy groups -OCH3 is 1. The molecule has 0 aliphatic heterocycles. The van der Waals surface area contributed by atoms with Crippen LogP contribution in [0.4, 0.5) is 0 Å². The highest BCUT2D eigenvalue weighted by atomic mass is 32.2. The lowest BCUT2D eigenvalue weighted by Crippen LogP contribution is -2.39. The Hall–Kier alpha value is -3.20. The Kier molecular flexibility index (Phi) is 5.07. The van der Waals surface area contributed by atoms with Crippen LogP contribution in [0.2, 0.25) is 0 Å². The van der Waals surface area contributed by atoms with Crippen molar-refractivity contribution in [3.8, 4) is 11.6 Å². The van der Waals surface area contributed by atoms with Crippen LogP contribution < -0.4 is 14.2 Å². The lowest BCUT2D eigenvalue weighted by atomic mass is 9.96. The first kappa shape index (κ1) is 20.1. The molecule has 1 fully saturated rings. The molecule has 156 valence electrons. The molecule has 1 aliphatic carbocycles. The summed E-state index contributed by atoms with van der Waals surface area (Å²) in [6.45, 7) is 2.18. The summed E-state index contributed by atoms with van der Waals surface area (Å²) >= 11 is 0. The summed E-state index contributed by atoms with van der Waals surface area (Å²) in [6, 6.07) is 9.77. The Morgan fingerprint density at radius 2 is 2.00 bits per heavy atom. The van der Waals surface area contributed by atoms with Crippen molar-refractivity contribution in [3.05, 3.63) is 54.4 Å². The highest BCUT2D eigenvalue weighted by molar-refractivity contribution is 7.90. The van der Waals surface area contributed by atoms with E-state index in [9.17, 15) is 13.2 Å². The van der Waals surface area contributed by atoms with Crippen LogP contribution in [0.3, 0.4) is 0 Å². The Morgan fingerprint density at radius 3 is 2.70 bits per heavy atom. The highest BCUT2D eigenvalue weighted by Gasteiger charge is 2.54. The number of aromatic nitrogens is 2. The smallest absolute Gasteiger partial charge is 0.264 e. The van der Waals surface area contributed by atoms with Gasteiger partial charge in [-0.2, -0.15) is 0 Å². The fourth-order valence-electron chi connectivity index (χ4n) is 3.47. The first-order valence-electron chi connectivity index (χ1n) is 9.49. The number of benzene rings is 1. The number of fused-ring (bicyclic) bond motifs is 1. The zero-order valence-electron chi connectivity index (χ0n) is 16.6. The van der Waals surface area contributed by atoms with Crippen molar-refractivity contribution < 1.29 is 22.7 Å². The van der Waals surface area contributed by atoms with E-state index in [1.165, 1.54) is 19.4 Å². The van der Waals surface area contributed by atoms with Crippen molar-refractivity contribution in [2.75, 3.05) is 13.7 Å². The molecule has 1 aromatic carbocycles. The third-order valence-corrected chi connectivity index (χ3v) is 6.55. The van der Waals surface area contributed by atoms with Crippen molar-refractivity contribution in [1.29, 1.82) is 0 Å². The number of carbonyl (C=O) groups is 1. The second kappa shape index (κ2) is 7.56. The Labute approximate surface area is 174 Å². The van der Waals surface area contributed by atoms with E-state index in [-0.39, 0.29) is 4.90 Å². The maximum absolute atomic E-state index is 13.2. The summed E-state index contributed by atoms with van der Waals surface area (Å²) in [5, 5.41) is 0.447. The molecular formula is C21H21N3O5S. The average molecular weight is 427 g/mol. The van der Waals surface area contributed by atoms with Crippen LogP contribution in [0.15, 0.2) is 53.7 Å². The highest BCUT2D eigenvalue weighted by Crippen LogP contribution is 2.52. The molecule has 30 heavy (non-hydrogen) atoms. The molecular weight excluding hydrogens is 406 g/mol. The van der Waals surface area contributed by atoms with E-state index >= 15 is 0 Å². The van der Waals surface area contributed by atoms with Gasteiger partial charge >= 0.3 is 0 Å². The quantitative estimate of drug-likeness (QED) is 0.617. The molecule has 8 nitrogen and oxygen atoms in total. The fraction of sp³-hybridized carbons (Fsp3) is 0.286. The number of hydrogen-bond donors (Lipinski definition) is 1. The minimum Gasteiger partial charge on any atom is -0.495 e. The number of carbonyl (C=O) groups excluding carboxylic acids is 1. The predicted octanol–water partition coefficient (Wildman–Crippen LogP) is 2.57. The Bertz CT molecular complexity index is 1220. The van der Waals surface area contributed by atoms with E-state index in [1.54, 1.807) is 36.5 Å². The lowest BCUT2D eigenvalue weighted by molar-refractivity contribution is -0.121. The number of sulfonamides is 1. The van der Waals surface area contributed by atoms with Crippen LogP contribution >= 0.6 is 0 Å². The number of nitrogens with zero attached hydrogens (tertiary/aromatic N) is 2. The molecule has 3 aromatic rings. The average Bonchev–Trinajstić information content (AvgIpc) is 3.55. The SMILES string of the molecule is CCOc1ncc(OC)cc1C1(C(=O)NS(=O)(=O)c2cccc3ncccc23)CC1. The third kappa shape index (κ3) is 3.45. The van der Waals surface area contributed by atoms with Gasteiger partial charge in [-0.1, -0.05) is 6.07 Å². The second-order valence-electron chi connectivity index (χ2n) is 7.00. The molecule has 4 rings (SSSR count).